The molecule has 2 heterocycles. The Bertz CT molecular complexity index is 1250. The number of H-pyrrole nitrogens is 1. The highest BCUT2D eigenvalue weighted by molar-refractivity contribution is 7.15. The molecule has 4 rings (SSSR count). The number of ether oxygens (including phenoxy) is 2. The van der Waals surface area contributed by atoms with Crippen molar-refractivity contribution in [3.05, 3.63) is 64.2 Å². The van der Waals surface area contributed by atoms with Crippen LogP contribution in [0.5, 0.6) is 11.5 Å². The SMILES string of the molecule is COc1ccc(NC(=O)c2nnc(C(=O)NCCc3c[nH]c4ccc(OC)cc34)s2)cc1. The fraction of sp³-hybridized carbons (Fsp3) is 0.182. The largest absolute Gasteiger partial charge is 0.497 e. The topological polar surface area (TPSA) is 118 Å². The summed E-state index contributed by atoms with van der Waals surface area (Å²) < 4.78 is 10.4. The number of fused-ring (bicyclic) bond motifs is 1. The predicted molar refractivity (Wildman–Crippen MR) is 122 cm³/mol. The molecular weight excluding hydrogens is 430 g/mol. The summed E-state index contributed by atoms with van der Waals surface area (Å²) in [5.74, 6) is 0.657. The van der Waals surface area contributed by atoms with E-state index >= 15 is 0 Å². The fourth-order valence-electron chi connectivity index (χ4n) is 3.14. The summed E-state index contributed by atoms with van der Waals surface area (Å²) in [6, 6.07) is 12.7. The zero-order valence-corrected chi connectivity index (χ0v) is 18.3. The number of methoxy groups -OCH3 is 2. The van der Waals surface area contributed by atoms with Gasteiger partial charge in [0.15, 0.2) is 0 Å². The Morgan fingerprint density at radius 3 is 2.38 bits per heavy atom. The van der Waals surface area contributed by atoms with Crippen LogP contribution in [0.3, 0.4) is 0 Å². The van der Waals surface area contributed by atoms with Crippen LogP contribution < -0.4 is 20.1 Å². The average molecular weight is 452 g/mol. The molecule has 2 amide bonds. The third-order valence-corrected chi connectivity index (χ3v) is 5.74. The van der Waals surface area contributed by atoms with Crippen LogP contribution >= 0.6 is 11.3 Å². The van der Waals surface area contributed by atoms with Gasteiger partial charge in [-0.15, -0.1) is 10.2 Å². The van der Waals surface area contributed by atoms with Crippen LogP contribution in [0.2, 0.25) is 0 Å². The molecule has 32 heavy (non-hydrogen) atoms. The number of rotatable bonds is 8. The Labute approximate surface area is 187 Å². The van der Waals surface area contributed by atoms with E-state index < -0.39 is 5.91 Å². The molecule has 9 nitrogen and oxygen atoms in total. The summed E-state index contributed by atoms with van der Waals surface area (Å²) in [5, 5.41) is 14.5. The van der Waals surface area contributed by atoms with Gasteiger partial charge in [-0.3, -0.25) is 9.59 Å². The Morgan fingerprint density at radius 1 is 0.969 bits per heavy atom. The molecule has 0 radical (unpaired) electrons. The van der Waals surface area contributed by atoms with Crippen molar-refractivity contribution < 1.29 is 19.1 Å². The number of nitrogens with one attached hydrogen (secondary N) is 3. The molecule has 0 spiro atoms. The van der Waals surface area contributed by atoms with E-state index in [4.69, 9.17) is 9.47 Å². The van der Waals surface area contributed by atoms with Gasteiger partial charge < -0.3 is 25.1 Å². The van der Waals surface area contributed by atoms with Crippen molar-refractivity contribution in [2.24, 2.45) is 0 Å². The highest BCUT2D eigenvalue weighted by atomic mass is 32.1. The molecule has 0 bridgehead atoms. The number of hydrogen-bond donors (Lipinski definition) is 3. The number of nitrogens with zero attached hydrogens (tertiary/aromatic N) is 2. The van der Waals surface area contributed by atoms with E-state index in [0.717, 1.165) is 33.6 Å². The number of carbonyl (C=O) groups is 2. The van der Waals surface area contributed by atoms with Gasteiger partial charge in [-0.25, -0.2) is 0 Å². The van der Waals surface area contributed by atoms with E-state index in [1.165, 1.54) is 0 Å². The van der Waals surface area contributed by atoms with Gasteiger partial charge in [0.1, 0.15) is 11.5 Å². The van der Waals surface area contributed by atoms with Gasteiger partial charge in [-0.1, -0.05) is 11.3 Å². The lowest BCUT2D eigenvalue weighted by atomic mass is 10.1. The summed E-state index contributed by atoms with van der Waals surface area (Å²) in [5.41, 5.74) is 2.66. The number of hydrogen-bond acceptors (Lipinski definition) is 7. The normalized spacial score (nSPS) is 10.7. The van der Waals surface area contributed by atoms with Crippen molar-refractivity contribution in [3.8, 4) is 11.5 Å². The Morgan fingerprint density at radius 2 is 1.66 bits per heavy atom. The van der Waals surface area contributed by atoms with E-state index in [2.05, 4.69) is 25.8 Å². The maximum atomic E-state index is 12.4. The van der Waals surface area contributed by atoms with Gasteiger partial charge in [0.05, 0.1) is 14.2 Å². The first-order valence-corrected chi connectivity index (χ1v) is 10.6. The molecule has 164 valence electrons. The average Bonchev–Trinajstić information content (AvgIpc) is 3.47. The number of anilines is 1. The van der Waals surface area contributed by atoms with E-state index in [-0.39, 0.29) is 15.9 Å². The van der Waals surface area contributed by atoms with Crippen LogP contribution in [-0.2, 0) is 6.42 Å². The second-order valence-corrected chi connectivity index (χ2v) is 7.80. The summed E-state index contributed by atoms with van der Waals surface area (Å²) >= 11 is 0.938. The van der Waals surface area contributed by atoms with Crippen molar-refractivity contribution in [3.63, 3.8) is 0 Å². The van der Waals surface area contributed by atoms with Crippen LogP contribution in [0.4, 0.5) is 5.69 Å². The van der Waals surface area contributed by atoms with Crippen LogP contribution in [0.15, 0.2) is 48.7 Å². The molecule has 0 aliphatic carbocycles. The highest BCUT2D eigenvalue weighted by Crippen LogP contribution is 2.24. The minimum Gasteiger partial charge on any atom is -0.497 e. The van der Waals surface area contributed by atoms with Gasteiger partial charge >= 0.3 is 0 Å². The molecule has 2 aromatic heterocycles. The van der Waals surface area contributed by atoms with Crippen LogP contribution in [-0.4, -0.2) is 47.8 Å². The minimum absolute atomic E-state index is 0.106. The van der Waals surface area contributed by atoms with Gasteiger partial charge in [0, 0.05) is 29.3 Å². The van der Waals surface area contributed by atoms with Crippen molar-refractivity contribution in [2.45, 2.75) is 6.42 Å². The smallest absolute Gasteiger partial charge is 0.286 e. The number of carbonyl (C=O) groups excluding carboxylic acids is 2. The van der Waals surface area contributed by atoms with E-state index in [1.54, 1.807) is 38.5 Å². The first-order valence-electron chi connectivity index (χ1n) is 9.78. The molecule has 10 heteroatoms. The van der Waals surface area contributed by atoms with Crippen LogP contribution in [0.1, 0.15) is 25.2 Å². The molecule has 4 aromatic rings. The Hall–Kier alpha value is -3.92. The van der Waals surface area contributed by atoms with Crippen LogP contribution in [0, 0.1) is 0 Å². The second kappa shape index (κ2) is 9.48. The van der Waals surface area contributed by atoms with Gasteiger partial charge in [0.25, 0.3) is 11.8 Å². The summed E-state index contributed by atoms with van der Waals surface area (Å²) in [6.45, 7) is 0.413. The summed E-state index contributed by atoms with van der Waals surface area (Å²) in [7, 11) is 3.19. The molecule has 0 aliphatic rings. The molecule has 3 N–H and O–H groups in total. The first-order chi connectivity index (χ1) is 15.6. The lowest BCUT2D eigenvalue weighted by molar-refractivity contribution is 0.0951. The van der Waals surface area contributed by atoms with Crippen LogP contribution in [0.25, 0.3) is 10.9 Å². The van der Waals surface area contributed by atoms with Crippen molar-refractivity contribution >= 4 is 39.7 Å². The lowest BCUT2D eigenvalue weighted by Gasteiger charge is -2.04. The summed E-state index contributed by atoms with van der Waals surface area (Å²) in [6.07, 6.45) is 2.55. The van der Waals surface area contributed by atoms with E-state index in [0.29, 0.717) is 24.4 Å². The van der Waals surface area contributed by atoms with Gasteiger partial charge in [-0.2, -0.15) is 0 Å². The predicted octanol–water partition coefficient (Wildman–Crippen LogP) is 3.26. The van der Waals surface area contributed by atoms with E-state index in [9.17, 15) is 9.59 Å². The van der Waals surface area contributed by atoms with Gasteiger partial charge in [-0.05, 0) is 54.4 Å². The lowest BCUT2D eigenvalue weighted by Crippen LogP contribution is -2.25. The third kappa shape index (κ3) is 4.70. The molecule has 0 saturated carbocycles. The number of aromatic nitrogens is 3. The first kappa shape index (κ1) is 21.3. The van der Waals surface area contributed by atoms with Gasteiger partial charge in [0.2, 0.25) is 10.0 Å². The summed E-state index contributed by atoms with van der Waals surface area (Å²) in [4.78, 5) is 28.0. The standard InChI is InChI=1S/C22H21N5O4S/c1-30-15-5-3-14(4-6-15)25-20(29)22-27-26-21(32-22)19(28)23-10-9-13-12-24-18-8-7-16(31-2)11-17(13)18/h3-8,11-12,24H,9-10H2,1-2H3,(H,23,28)(H,25,29). The zero-order chi connectivity index (χ0) is 22.5. The third-order valence-electron chi connectivity index (χ3n) is 4.82. The molecular formula is C22H21N5O4S. The molecule has 0 fully saturated rings. The second-order valence-electron chi connectivity index (χ2n) is 6.83. The van der Waals surface area contributed by atoms with Crippen molar-refractivity contribution in [1.29, 1.82) is 0 Å². The molecule has 0 aliphatic heterocycles. The number of benzene rings is 2. The Balaban J connectivity index is 1.33. The maximum absolute atomic E-state index is 12.4. The fourth-order valence-corrected chi connectivity index (χ4v) is 3.80. The molecule has 2 aromatic carbocycles. The number of amides is 2. The van der Waals surface area contributed by atoms with Crippen molar-refractivity contribution in [2.75, 3.05) is 26.1 Å². The molecule has 0 saturated heterocycles. The highest BCUT2D eigenvalue weighted by Gasteiger charge is 2.17. The zero-order valence-electron chi connectivity index (χ0n) is 17.5. The van der Waals surface area contributed by atoms with Crippen molar-refractivity contribution in [1.82, 2.24) is 20.5 Å². The maximum Gasteiger partial charge on any atom is 0.286 e. The quantitative estimate of drug-likeness (QED) is 0.378. The minimum atomic E-state index is -0.431. The van der Waals surface area contributed by atoms with E-state index in [1.807, 2.05) is 24.4 Å². The molecule has 0 unspecified atom stereocenters. The molecule has 0 atom stereocenters. The number of aromatic amines is 1. The monoisotopic (exact) mass is 451 g/mol. The Kier molecular flexibility index (Phi) is 6.31.